The fraction of sp³-hybridized carbons (Fsp3) is 0.389. The van der Waals surface area contributed by atoms with Crippen LogP contribution in [0.4, 0.5) is 11.4 Å². The molecule has 0 bridgehead atoms. The Morgan fingerprint density at radius 1 is 1.17 bits per heavy atom. The maximum Gasteiger partial charge on any atom is 0.176 e. The third-order valence-electron chi connectivity index (χ3n) is 4.73. The van der Waals surface area contributed by atoms with Gasteiger partial charge in [0.25, 0.3) is 0 Å². The van der Waals surface area contributed by atoms with Crippen LogP contribution in [0.25, 0.3) is 0 Å². The van der Waals surface area contributed by atoms with Crippen molar-refractivity contribution in [2.24, 2.45) is 0 Å². The lowest BCUT2D eigenvalue weighted by atomic mass is 10.1. The summed E-state index contributed by atoms with van der Waals surface area (Å²) < 4.78 is 18.8. The molecule has 2 unspecified atom stereocenters. The number of hydrogen-bond donors (Lipinski definition) is 2. The van der Waals surface area contributed by atoms with Crippen molar-refractivity contribution in [3.05, 3.63) is 47.8 Å². The van der Waals surface area contributed by atoms with Gasteiger partial charge in [-0.25, -0.2) is 0 Å². The number of anilines is 2. The monoisotopic (exact) mass is 343 g/mol. The van der Waals surface area contributed by atoms with Crippen molar-refractivity contribution in [2.45, 2.75) is 36.4 Å². The Bertz CT molecular complexity index is 756. The summed E-state index contributed by atoms with van der Waals surface area (Å²) in [5.74, 6) is 0.861. The molecule has 1 aromatic carbocycles. The van der Waals surface area contributed by atoms with Gasteiger partial charge in [-0.2, -0.15) is 0 Å². The molecule has 0 spiro atoms. The first-order chi connectivity index (χ1) is 11.8. The number of rotatable bonds is 3. The standard InChI is InChI=1S/C18H21N3O2S/c1-23-15-10-11-19-17-12(15)6-2-5-9-16(17)24(22)18-20-13-7-3-4-8-14(13)21-18/h3-4,7-8,10-11,16,18,20-21H,2,5-6,9H2,1H3. The lowest BCUT2D eigenvalue weighted by Crippen LogP contribution is -2.31. The summed E-state index contributed by atoms with van der Waals surface area (Å²) in [6, 6.07) is 9.86. The topological polar surface area (TPSA) is 63.2 Å². The highest BCUT2D eigenvalue weighted by molar-refractivity contribution is 7.86. The lowest BCUT2D eigenvalue weighted by Gasteiger charge is -2.21. The van der Waals surface area contributed by atoms with Gasteiger partial charge < -0.3 is 15.4 Å². The van der Waals surface area contributed by atoms with E-state index in [4.69, 9.17) is 4.74 Å². The summed E-state index contributed by atoms with van der Waals surface area (Å²) >= 11 is 0. The molecule has 2 heterocycles. The average Bonchev–Trinajstić information content (AvgIpc) is 2.93. The van der Waals surface area contributed by atoms with E-state index in [0.29, 0.717) is 0 Å². The van der Waals surface area contributed by atoms with Gasteiger partial charge >= 0.3 is 0 Å². The summed E-state index contributed by atoms with van der Waals surface area (Å²) in [7, 11) is 0.553. The Balaban J connectivity index is 1.64. The zero-order valence-corrected chi connectivity index (χ0v) is 14.4. The predicted molar refractivity (Wildman–Crippen MR) is 96.7 cm³/mol. The fourth-order valence-electron chi connectivity index (χ4n) is 3.54. The van der Waals surface area contributed by atoms with Gasteiger partial charge in [0.05, 0.1) is 40.2 Å². The van der Waals surface area contributed by atoms with Crippen molar-refractivity contribution in [1.82, 2.24) is 4.98 Å². The number of hydrogen-bond acceptors (Lipinski definition) is 5. The number of methoxy groups -OCH3 is 1. The van der Waals surface area contributed by atoms with Crippen LogP contribution in [-0.2, 0) is 17.2 Å². The van der Waals surface area contributed by atoms with Crippen LogP contribution in [0.2, 0.25) is 0 Å². The fourth-order valence-corrected chi connectivity index (χ4v) is 5.18. The molecule has 0 saturated heterocycles. The number of nitrogens with zero attached hydrogens (tertiary/aromatic N) is 1. The highest BCUT2D eigenvalue weighted by Gasteiger charge is 2.34. The Morgan fingerprint density at radius 2 is 1.92 bits per heavy atom. The Morgan fingerprint density at radius 3 is 2.62 bits per heavy atom. The second-order valence-electron chi connectivity index (χ2n) is 6.15. The molecule has 0 fully saturated rings. The van der Waals surface area contributed by atoms with Gasteiger partial charge in [-0.1, -0.05) is 18.6 Å². The molecular weight excluding hydrogens is 322 g/mol. The van der Waals surface area contributed by atoms with Crippen molar-refractivity contribution in [3.8, 4) is 5.75 Å². The van der Waals surface area contributed by atoms with Gasteiger partial charge in [0.2, 0.25) is 0 Å². The van der Waals surface area contributed by atoms with Crippen molar-refractivity contribution >= 4 is 22.2 Å². The minimum absolute atomic E-state index is 0.0862. The summed E-state index contributed by atoms with van der Waals surface area (Å²) in [6.07, 6.45) is 5.71. The average molecular weight is 343 g/mol. The summed E-state index contributed by atoms with van der Waals surface area (Å²) in [6.45, 7) is 0. The first-order valence-electron chi connectivity index (χ1n) is 8.31. The summed E-state index contributed by atoms with van der Waals surface area (Å²) in [4.78, 5) is 4.58. The van der Waals surface area contributed by atoms with E-state index in [9.17, 15) is 4.21 Å². The molecule has 126 valence electrons. The van der Waals surface area contributed by atoms with Crippen LogP contribution in [0.3, 0.4) is 0 Å². The van der Waals surface area contributed by atoms with E-state index in [1.54, 1.807) is 13.3 Å². The molecule has 0 radical (unpaired) electrons. The zero-order chi connectivity index (χ0) is 16.5. The number of ether oxygens (including phenoxy) is 1. The number of nitrogens with one attached hydrogen (secondary N) is 2. The molecule has 2 N–H and O–H groups in total. The number of benzene rings is 1. The molecule has 0 saturated carbocycles. The molecular formula is C18H21N3O2S. The highest BCUT2D eigenvalue weighted by atomic mass is 32.2. The van der Waals surface area contributed by atoms with E-state index in [1.807, 2.05) is 30.3 Å². The van der Waals surface area contributed by atoms with E-state index >= 15 is 0 Å². The Kier molecular flexibility index (Phi) is 4.14. The quantitative estimate of drug-likeness (QED) is 0.836. The van der Waals surface area contributed by atoms with Gasteiger partial charge in [-0.15, -0.1) is 0 Å². The summed E-state index contributed by atoms with van der Waals surface area (Å²) in [5.41, 5.74) is 3.77. The smallest absolute Gasteiger partial charge is 0.176 e. The minimum atomic E-state index is -1.13. The third-order valence-corrected chi connectivity index (χ3v) is 6.45. The van der Waals surface area contributed by atoms with Gasteiger partial charge in [-0.3, -0.25) is 9.19 Å². The van der Waals surface area contributed by atoms with Gasteiger partial charge in [0, 0.05) is 11.8 Å². The highest BCUT2D eigenvalue weighted by Crippen LogP contribution is 2.39. The molecule has 2 aromatic rings. The molecule has 2 aliphatic rings. The predicted octanol–water partition coefficient (Wildman–Crippen LogP) is 3.43. The molecule has 2 atom stereocenters. The van der Waals surface area contributed by atoms with Crippen molar-refractivity contribution in [1.29, 1.82) is 0 Å². The van der Waals surface area contributed by atoms with Crippen LogP contribution in [0.15, 0.2) is 36.5 Å². The molecule has 1 aliphatic heterocycles. The van der Waals surface area contributed by atoms with Crippen molar-refractivity contribution < 1.29 is 8.95 Å². The Labute approximate surface area is 144 Å². The third kappa shape index (κ3) is 2.65. The zero-order valence-electron chi connectivity index (χ0n) is 13.6. The van der Waals surface area contributed by atoms with Crippen LogP contribution in [0.1, 0.15) is 35.8 Å². The van der Waals surface area contributed by atoms with E-state index in [-0.39, 0.29) is 10.7 Å². The first kappa shape index (κ1) is 15.4. The lowest BCUT2D eigenvalue weighted by molar-refractivity contribution is 0.408. The first-order valence-corrected chi connectivity index (χ1v) is 9.59. The van der Waals surface area contributed by atoms with E-state index < -0.39 is 10.8 Å². The maximum absolute atomic E-state index is 13.3. The molecule has 5 nitrogen and oxygen atoms in total. The van der Waals surface area contributed by atoms with E-state index in [0.717, 1.165) is 54.1 Å². The largest absolute Gasteiger partial charge is 0.496 e. The molecule has 1 aromatic heterocycles. The van der Waals surface area contributed by atoms with Gasteiger partial charge in [0.15, 0.2) is 5.50 Å². The van der Waals surface area contributed by atoms with Gasteiger partial charge in [0.1, 0.15) is 5.75 Å². The number of pyridine rings is 1. The van der Waals surface area contributed by atoms with Crippen LogP contribution in [-0.4, -0.2) is 21.8 Å². The SMILES string of the molecule is COc1ccnc2c1CCCCC2S(=O)C1Nc2ccccc2N1. The minimum Gasteiger partial charge on any atom is -0.496 e. The van der Waals surface area contributed by atoms with E-state index in [2.05, 4.69) is 15.6 Å². The van der Waals surface area contributed by atoms with Gasteiger partial charge in [-0.05, 0) is 37.5 Å². The summed E-state index contributed by atoms with van der Waals surface area (Å²) in [5, 5.41) is 6.60. The number of aromatic nitrogens is 1. The molecule has 0 amide bonds. The van der Waals surface area contributed by atoms with Crippen LogP contribution < -0.4 is 15.4 Å². The van der Waals surface area contributed by atoms with Crippen molar-refractivity contribution in [2.75, 3.05) is 17.7 Å². The van der Waals surface area contributed by atoms with Crippen LogP contribution in [0, 0.1) is 0 Å². The second-order valence-corrected chi connectivity index (χ2v) is 7.85. The number of para-hydroxylation sites is 2. The van der Waals surface area contributed by atoms with Crippen LogP contribution in [0.5, 0.6) is 5.75 Å². The Hall–Kier alpha value is -2.08. The second kappa shape index (κ2) is 6.43. The maximum atomic E-state index is 13.3. The normalized spacial score (nSPS) is 21.0. The van der Waals surface area contributed by atoms with Crippen molar-refractivity contribution in [3.63, 3.8) is 0 Å². The molecule has 1 aliphatic carbocycles. The molecule has 6 heteroatoms. The molecule has 24 heavy (non-hydrogen) atoms. The number of fused-ring (bicyclic) bond motifs is 2. The van der Waals surface area contributed by atoms with E-state index in [1.165, 1.54) is 0 Å². The van der Waals surface area contributed by atoms with Crippen LogP contribution >= 0.6 is 0 Å². The molecule has 4 rings (SSSR count).